The van der Waals surface area contributed by atoms with Crippen molar-refractivity contribution in [2.24, 2.45) is 0 Å². The number of thiophene rings is 1. The van der Waals surface area contributed by atoms with Crippen LogP contribution in [-0.4, -0.2) is 28.6 Å². The van der Waals surface area contributed by atoms with Crippen molar-refractivity contribution in [1.29, 1.82) is 0 Å². The van der Waals surface area contributed by atoms with Crippen LogP contribution in [0.4, 0.5) is 5.69 Å². The van der Waals surface area contributed by atoms with E-state index in [0.717, 1.165) is 26.7 Å². The van der Waals surface area contributed by atoms with E-state index in [2.05, 4.69) is 38.4 Å². The molecule has 5 nitrogen and oxygen atoms in total. The molecule has 0 aliphatic rings. The molecule has 0 aliphatic heterocycles. The fourth-order valence-corrected chi connectivity index (χ4v) is 5.41. The molecule has 0 spiro atoms. The van der Waals surface area contributed by atoms with Gasteiger partial charge in [0.25, 0.3) is 0 Å². The largest absolute Gasteiger partial charge is 0.344 e. The zero-order valence-corrected chi connectivity index (χ0v) is 17.7. The Balaban J connectivity index is 1.63. The quantitative estimate of drug-likeness (QED) is 0.417. The molecule has 0 fully saturated rings. The number of terminal acetylenes is 1. The topological polar surface area (TPSA) is 71.1 Å². The summed E-state index contributed by atoms with van der Waals surface area (Å²) in [7, 11) is 0. The van der Waals surface area contributed by atoms with Crippen LogP contribution in [-0.2, 0) is 16.0 Å². The maximum Gasteiger partial charge on any atom is 0.247 e. The van der Waals surface area contributed by atoms with E-state index in [9.17, 15) is 9.59 Å². The number of thioether (sulfide) groups is 1. The van der Waals surface area contributed by atoms with Crippen molar-refractivity contribution in [3.8, 4) is 12.3 Å². The summed E-state index contributed by atoms with van der Waals surface area (Å²) in [4.78, 5) is 28.3. The van der Waals surface area contributed by atoms with Crippen molar-refractivity contribution in [2.45, 2.75) is 30.1 Å². The third kappa shape index (κ3) is 5.58. The van der Waals surface area contributed by atoms with E-state index < -0.39 is 6.04 Å². The van der Waals surface area contributed by atoms with Crippen LogP contribution in [0.15, 0.2) is 39.4 Å². The molecule has 0 aliphatic carbocycles. The second kappa shape index (κ2) is 9.73. The summed E-state index contributed by atoms with van der Waals surface area (Å²) in [5.74, 6) is 2.77. The number of hydrogen-bond donors (Lipinski definition) is 2. The van der Waals surface area contributed by atoms with Gasteiger partial charge < -0.3 is 10.6 Å². The molecular weight excluding hydrogens is 410 g/mol. The van der Waals surface area contributed by atoms with Crippen LogP contribution in [0, 0.1) is 12.3 Å². The molecule has 2 N–H and O–H groups in total. The lowest BCUT2D eigenvalue weighted by Crippen LogP contribution is -2.42. The molecule has 2 amide bonds. The molecular formula is C20H19N3O2S3. The summed E-state index contributed by atoms with van der Waals surface area (Å²) in [6.45, 7) is 1.36. The first-order chi connectivity index (χ1) is 13.5. The number of aromatic nitrogens is 1. The average molecular weight is 430 g/mol. The standard InChI is InChI=1S/C20H19N3O2S3/c1-3-4-17(21-13(2)24)19(25)22-15-5-6-16-18(11-15)28-20(23-16)27-10-8-14-7-9-26-12-14/h1,5-7,9,11-12,17H,4,8,10H2,2H3,(H,21,24)(H,22,25). The van der Waals surface area contributed by atoms with Gasteiger partial charge in [-0.3, -0.25) is 9.59 Å². The van der Waals surface area contributed by atoms with Gasteiger partial charge in [0.2, 0.25) is 11.8 Å². The predicted octanol–water partition coefficient (Wildman–Crippen LogP) is 4.16. The Labute approximate surface area is 176 Å². The molecule has 3 aromatic rings. The number of nitrogens with zero attached hydrogens (tertiary/aromatic N) is 1. The number of benzene rings is 1. The smallest absolute Gasteiger partial charge is 0.247 e. The normalized spacial score (nSPS) is 11.7. The van der Waals surface area contributed by atoms with Crippen molar-refractivity contribution in [3.05, 3.63) is 40.6 Å². The Morgan fingerprint density at radius 2 is 2.21 bits per heavy atom. The summed E-state index contributed by atoms with van der Waals surface area (Å²) in [5.41, 5.74) is 2.91. The van der Waals surface area contributed by atoms with Crippen molar-refractivity contribution in [1.82, 2.24) is 10.3 Å². The average Bonchev–Trinajstić information content (AvgIpc) is 3.30. The van der Waals surface area contributed by atoms with Crippen molar-refractivity contribution < 1.29 is 9.59 Å². The van der Waals surface area contributed by atoms with Gasteiger partial charge >= 0.3 is 0 Å². The summed E-state index contributed by atoms with van der Waals surface area (Å²) in [5, 5.41) is 9.65. The SMILES string of the molecule is C#CCC(NC(C)=O)C(=O)Nc1ccc2nc(SCCc3ccsc3)sc2c1. The number of fused-ring (bicyclic) bond motifs is 1. The third-order valence-corrected chi connectivity index (χ3v) is 6.74. The van der Waals surface area contributed by atoms with E-state index in [1.165, 1.54) is 12.5 Å². The van der Waals surface area contributed by atoms with Gasteiger partial charge in [0.05, 0.1) is 10.2 Å². The van der Waals surface area contributed by atoms with Crippen LogP contribution in [0.25, 0.3) is 10.2 Å². The van der Waals surface area contributed by atoms with Gasteiger partial charge in [-0.25, -0.2) is 4.98 Å². The Morgan fingerprint density at radius 3 is 2.93 bits per heavy atom. The van der Waals surface area contributed by atoms with Crippen LogP contribution >= 0.6 is 34.4 Å². The number of carbonyl (C=O) groups is 2. The molecule has 3 rings (SSSR count). The van der Waals surface area contributed by atoms with Crippen LogP contribution in [0.2, 0.25) is 0 Å². The van der Waals surface area contributed by atoms with E-state index in [4.69, 9.17) is 6.42 Å². The zero-order chi connectivity index (χ0) is 19.9. The van der Waals surface area contributed by atoms with Crippen molar-refractivity contribution >= 4 is 62.2 Å². The van der Waals surface area contributed by atoms with Crippen LogP contribution < -0.4 is 10.6 Å². The lowest BCUT2D eigenvalue weighted by Gasteiger charge is -2.15. The number of hydrogen-bond acceptors (Lipinski definition) is 6. The number of aryl methyl sites for hydroxylation is 1. The Kier molecular flexibility index (Phi) is 7.09. The minimum atomic E-state index is -0.747. The van der Waals surface area contributed by atoms with Gasteiger partial charge in [0.1, 0.15) is 6.04 Å². The summed E-state index contributed by atoms with van der Waals surface area (Å²) in [6, 6.07) is 6.99. The van der Waals surface area contributed by atoms with E-state index in [1.54, 1.807) is 40.5 Å². The van der Waals surface area contributed by atoms with Gasteiger partial charge in [0, 0.05) is 24.8 Å². The van der Waals surface area contributed by atoms with E-state index in [-0.39, 0.29) is 18.2 Å². The minimum absolute atomic E-state index is 0.138. The van der Waals surface area contributed by atoms with E-state index in [0.29, 0.717) is 5.69 Å². The Morgan fingerprint density at radius 1 is 1.36 bits per heavy atom. The highest BCUT2D eigenvalue weighted by atomic mass is 32.2. The molecule has 0 radical (unpaired) electrons. The molecule has 1 atom stereocenters. The number of thiazole rings is 1. The number of rotatable bonds is 8. The van der Waals surface area contributed by atoms with Gasteiger partial charge in [-0.15, -0.1) is 23.7 Å². The highest BCUT2D eigenvalue weighted by molar-refractivity contribution is 8.01. The molecule has 1 unspecified atom stereocenters. The first kappa shape index (κ1) is 20.4. The van der Waals surface area contributed by atoms with Crippen LogP contribution in [0.5, 0.6) is 0 Å². The first-order valence-corrected chi connectivity index (χ1v) is 11.4. The number of anilines is 1. The van der Waals surface area contributed by atoms with Crippen molar-refractivity contribution in [2.75, 3.05) is 11.1 Å². The molecule has 28 heavy (non-hydrogen) atoms. The van der Waals surface area contributed by atoms with Gasteiger partial charge in [-0.05, 0) is 47.0 Å². The molecule has 2 heterocycles. The van der Waals surface area contributed by atoms with Gasteiger partial charge in [-0.2, -0.15) is 11.3 Å². The minimum Gasteiger partial charge on any atom is -0.344 e. The summed E-state index contributed by atoms with van der Waals surface area (Å²) >= 11 is 5.06. The summed E-state index contributed by atoms with van der Waals surface area (Å²) < 4.78 is 2.01. The lowest BCUT2D eigenvalue weighted by atomic mass is 10.2. The Hall–Kier alpha value is -2.34. The third-order valence-electron chi connectivity index (χ3n) is 3.85. The highest BCUT2D eigenvalue weighted by Gasteiger charge is 2.18. The monoisotopic (exact) mass is 429 g/mol. The second-order valence-corrected chi connectivity index (χ2v) is 9.20. The fraction of sp³-hybridized carbons (Fsp3) is 0.250. The molecule has 0 saturated carbocycles. The lowest BCUT2D eigenvalue weighted by molar-refractivity contribution is -0.125. The number of carbonyl (C=O) groups excluding carboxylic acids is 2. The zero-order valence-electron chi connectivity index (χ0n) is 15.2. The van der Waals surface area contributed by atoms with Gasteiger partial charge in [0.15, 0.2) is 4.34 Å². The highest BCUT2D eigenvalue weighted by Crippen LogP contribution is 2.31. The van der Waals surface area contributed by atoms with Crippen LogP contribution in [0.3, 0.4) is 0 Å². The first-order valence-electron chi connectivity index (χ1n) is 8.61. The maximum absolute atomic E-state index is 12.4. The van der Waals surface area contributed by atoms with E-state index in [1.807, 2.05) is 12.1 Å². The fourth-order valence-electron chi connectivity index (χ4n) is 2.54. The predicted molar refractivity (Wildman–Crippen MR) is 118 cm³/mol. The van der Waals surface area contributed by atoms with Gasteiger partial charge in [-0.1, -0.05) is 11.8 Å². The number of amides is 2. The second-order valence-electron chi connectivity index (χ2n) is 6.04. The van der Waals surface area contributed by atoms with Crippen LogP contribution in [0.1, 0.15) is 18.9 Å². The molecule has 2 aromatic heterocycles. The molecule has 144 valence electrons. The number of nitrogens with one attached hydrogen (secondary N) is 2. The Bertz CT molecular complexity index is 1010. The van der Waals surface area contributed by atoms with Crippen molar-refractivity contribution in [3.63, 3.8) is 0 Å². The van der Waals surface area contributed by atoms with E-state index >= 15 is 0 Å². The summed E-state index contributed by atoms with van der Waals surface area (Å²) in [6.07, 6.45) is 6.45. The maximum atomic E-state index is 12.4. The molecule has 8 heteroatoms. The molecule has 0 saturated heterocycles. The molecule has 1 aromatic carbocycles. The molecule has 0 bridgehead atoms.